The van der Waals surface area contributed by atoms with Gasteiger partial charge >= 0.3 is 0 Å². The Morgan fingerprint density at radius 2 is 1.97 bits per heavy atom. The number of ether oxygens (including phenoxy) is 2. The van der Waals surface area contributed by atoms with Crippen LogP contribution < -0.4 is 10.1 Å². The predicted octanol–water partition coefficient (Wildman–Crippen LogP) is 2.00. The summed E-state index contributed by atoms with van der Waals surface area (Å²) < 4.78 is 51.4. The molecule has 9 heteroatoms. The van der Waals surface area contributed by atoms with Gasteiger partial charge in [-0.3, -0.25) is 24.6 Å². The Morgan fingerprint density at radius 1 is 1.18 bits per heavy atom. The largest absolute Gasteiger partial charge is 0.488 e. The molecule has 3 aliphatic heterocycles. The Morgan fingerprint density at radius 3 is 2.76 bits per heavy atom. The quantitative estimate of drug-likeness (QED) is 0.650. The molecule has 5 rings (SSSR count). The first-order valence-corrected chi connectivity index (χ1v) is 11.2. The average Bonchev–Trinajstić information content (AvgIpc) is 3.23. The van der Waals surface area contributed by atoms with E-state index in [9.17, 15) is 14.4 Å². The molecule has 0 bridgehead atoms. The van der Waals surface area contributed by atoms with Crippen LogP contribution in [0.2, 0.25) is 0 Å². The molecule has 8 nitrogen and oxygen atoms in total. The molecule has 0 saturated carbocycles. The minimum atomic E-state index is -0.777. The number of imide groups is 1. The minimum absolute atomic E-state index is 0.0407. The van der Waals surface area contributed by atoms with E-state index in [0.717, 1.165) is 0 Å². The van der Waals surface area contributed by atoms with Crippen LogP contribution in [0.5, 0.6) is 5.75 Å². The Kier molecular flexibility index (Phi) is 5.33. The van der Waals surface area contributed by atoms with Crippen LogP contribution in [0, 0.1) is 5.82 Å². The number of fused-ring (bicyclic) bond motifs is 1. The summed E-state index contributed by atoms with van der Waals surface area (Å²) in [6.45, 7) is 2.01. The van der Waals surface area contributed by atoms with E-state index in [-0.39, 0.29) is 67.6 Å². The Labute approximate surface area is 200 Å². The van der Waals surface area contributed by atoms with Crippen LogP contribution >= 0.6 is 0 Å². The fourth-order valence-corrected chi connectivity index (χ4v) is 4.51. The number of carbonyl (C=O) groups excluding carboxylic acids is 3. The molecule has 1 atom stereocenters. The summed E-state index contributed by atoms with van der Waals surface area (Å²) >= 11 is 0. The van der Waals surface area contributed by atoms with Gasteiger partial charge in [-0.1, -0.05) is 24.2 Å². The second-order valence-corrected chi connectivity index (χ2v) is 8.51. The number of hydrogen-bond donors (Lipinski definition) is 1. The van der Waals surface area contributed by atoms with Gasteiger partial charge in [0.1, 0.15) is 24.2 Å². The van der Waals surface area contributed by atoms with Crippen molar-refractivity contribution >= 4 is 17.7 Å². The summed E-state index contributed by atoms with van der Waals surface area (Å²) in [6.07, 6.45) is 0.366. The molecule has 2 fully saturated rings. The number of halogens is 1. The molecular weight excluding hydrogens is 441 g/mol. The third kappa shape index (κ3) is 4.41. The highest BCUT2D eigenvalue weighted by atomic mass is 19.1. The van der Waals surface area contributed by atoms with E-state index >= 15 is 4.39 Å². The normalized spacial score (nSPS) is 22.1. The fourth-order valence-electron chi connectivity index (χ4n) is 4.51. The molecule has 3 aliphatic rings. The van der Waals surface area contributed by atoms with E-state index in [2.05, 4.69) is 5.32 Å². The highest BCUT2D eigenvalue weighted by Crippen LogP contribution is 2.34. The van der Waals surface area contributed by atoms with Crippen LogP contribution in [-0.2, 0) is 34.0 Å². The van der Waals surface area contributed by atoms with E-state index in [1.807, 2.05) is 4.90 Å². The van der Waals surface area contributed by atoms with E-state index < -0.39 is 23.8 Å². The van der Waals surface area contributed by atoms with Crippen molar-refractivity contribution in [1.82, 2.24) is 15.1 Å². The lowest BCUT2D eigenvalue weighted by atomic mass is 10.0. The van der Waals surface area contributed by atoms with Crippen LogP contribution in [0.25, 0.3) is 0 Å². The van der Waals surface area contributed by atoms with Crippen molar-refractivity contribution in [2.45, 2.75) is 38.6 Å². The van der Waals surface area contributed by atoms with Gasteiger partial charge in [0.2, 0.25) is 11.8 Å². The van der Waals surface area contributed by atoms with Crippen LogP contribution in [0.1, 0.15) is 44.0 Å². The third-order valence-corrected chi connectivity index (χ3v) is 6.35. The molecule has 0 aromatic heterocycles. The first-order valence-electron chi connectivity index (χ1n) is 12.7. The summed E-state index contributed by atoms with van der Waals surface area (Å²) in [5.41, 5.74) is 0.789. The van der Waals surface area contributed by atoms with Gasteiger partial charge in [0.25, 0.3) is 5.91 Å². The number of amides is 3. The first kappa shape index (κ1) is 19.1. The maximum atomic E-state index is 15.6. The number of morpholine rings is 1. The zero-order valence-corrected chi connectivity index (χ0v) is 18.5. The first-order chi connectivity index (χ1) is 17.8. The zero-order chi connectivity index (χ0) is 26.3. The van der Waals surface area contributed by atoms with Crippen molar-refractivity contribution in [2.24, 2.45) is 0 Å². The summed E-state index contributed by atoms with van der Waals surface area (Å²) in [5.74, 6) is -1.70. The third-order valence-electron chi connectivity index (χ3n) is 6.35. The molecular formula is C25H26FN3O5. The van der Waals surface area contributed by atoms with Crippen molar-refractivity contribution < 1.29 is 32.4 Å². The summed E-state index contributed by atoms with van der Waals surface area (Å²) in [5, 5.41) is 2.26. The van der Waals surface area contributed by atoms with Gasteiger partial charge in [-0.05, 0) is 18.6 Å². The molecule has 2 aromatic rings. The molecule has 3 amide bonds. The van der Waals surface area contributed by atoms with Crippen LogP contribution in [0.3, 0.4) is 0 Å². The average molecular weight is 471 g/mol. The lowest BCUT2D eigenvalue weighted by Gasteiger charge is -2.29. The molecule has 34 heavy (non-hydrogen) atoms. The number of piperidine rings is 1. The van der Waals surface area contributed by atoms with Crippen LogP contribution in [0.4, 0.5) is 4.39 Å². The second kappa shape index (κ2) is 9.52. The van der Waals surface area contributed by atoms with Crippen molar-refractivity contribution in [3.05, 3.63) is 64.4 Å². The van der Waals surface area contributed by atoms with Crippen molar-refractivity contribution in [3.63, 3.8) is 0 Å². The van der Waals surface area contributed by atoms with Crippen LogP contribution in [0.15, 0.2) is 36.3 Å². The van der Waals surface area contributed by atoms with E-state index in [4.69, 9.17) is 13.6 Å². The van der Waals surface area contributed by atoms with Gasteiger partial charge in [0, 0.05) is 48.3 Å². The lowest BCUT2D eigenvalue weighted by molar-refractivity contribution is -0.136. The molecule has 0 radical (unpaired) electrons. The number of benzene rings is 2. The SMILES string of the molecule is [2H]c1c([2H])c(COc2cccc3c2CN(C2CCC(=O)NC2=O)C3=O)c(F)c(CN2CCOCC2)c1[2H]. The minimum Gasteiger partial charge on any atom is -0.488 e. The van der Waals surface area contributed by atoms with E-state index in [1.165, 1.54) is 4.90 Å². The van der Waals surface area contributed by atoms with E-state index in [1.54, 1.807) is 18.2 Å². The van der Waals surface area contributed by atoms with Gasteiger partial charge in [0.15, 0.2) is 0 Å². The number of carbonyl (C=O) groups is 3. The second-order valence-electron chi connectivity index (χ2n) is 8.51. The number of nitrogens with one attached hydrogen (secondary N) is 1. The molecule has 1 unspecified atom stereocenters. The monoisotopic (exact) mass is 470 g/mol. The highest BCUT2D eigenvalue weighted by molar-refractivity contribution is 6.05. The zero-order valence-electron chi connectivity index (χ0n) is 21.5. The number of rotatable bonds is 6. The predicted molar refractivity (Wildman–Crippen MR) is 119 cm³/mol. The maximum absolute atomic E-state index is 15.6. The van der Waals surface area contributed by atoms with Gasteiger partial charge in [0.05, 0.1) is 23.9 Å². The Hall–Kier alpha value is -3.30. The van der Waals surface area contributed by atoms with Gasteiger partial charge in [-0.25, -0.2) is 4.39 Å². The fraction of sp³-hybridized carbons (Fsp3) is 0.400. The van der Waals surface area contributed by atoms with Crippen LogP contribution in [-0.4, -0.2) is 59.9 Å². The molecule has 0 spiro atoms. The van der Waals surface area contributed by atoms with Crippen molar-refractivity contribution in [1.29, 1.82) is 0 Å². The smallest absolute Gasteiger partial charge is 0.255 e. The Bertz CT molecular complexity index is 1280. The highest BCUT2D eigenvalue weighted by Gasteiger charge is 2.40. The van der Waals surface area contributed by atoms with Gasteiger partial charge < -0.3 is 14.4 Å². The Balaban J connectivity index is 1.38. The van der Waals surface area contributed by atoms with Crippen molar-refractivity contribution in [3.8, 4) is 5.75 Å². The van der Waals surface area contributed by atoms with Gasteiger partial charge in [-0.15, -0.1) is 0 Å². The molecule has 2 saturated heterocycles. The number of nitrogens with zero attached hydrogens (tertiary/aromatic N) is 2. The summed E-state index contributed by atoms with van der Waals surface area (Å²) in [4.78, 5) is 40.2. The number of hydrogen-bond acceptors (Lipinski definition) is 6. The summed E-state index contributed by atoms with van der Waals surface area (Å²) in [6, 6.07) is 2.97. The standard InChI is InChI=1S/C25H26FN3O5/c26-23-16(13-28-9-11-33-12-10-28)3-1-4-17(23)15-34-21-6-2-5-18-19(21)14-29(25(18)32)20-7-8-22(30)27-24(20)31/h1-6,20H,7-15H2,(H,27,30,31)/i1D,3D,4D. The van der Waals surface area contributed by atoms with E-state index in [0.29, 0.717) is 43.2 Å². The summed E-state index contributed by atoms with van der Waals surface area (Å²) in [7, 11) is 0. The maximum Gasteiger partial charge on any atom is 0.255 e. The van der Waals surface area contributed by atoms with Gasteiger partial charge in [-0.2, -0.15) is 0 Å². The molecule has 1 N–H and O–H groups in total. The lowest BCUT2D eigenvalue weighted by Crippen LogP contribution is -2.52. The molecule has 178 valence electrons. The molecule has 0 aliphatic carbocycles. The topological polar surface area (TPSA) is 88.2 Å². The molecule has 3 heterocycles. The van der Waals surface area contributed by atoms with Crippen molar-refractivity contribution in [2.75, 3.05) is 26.3 Å². The molecule has 2 aromatic carbocycles.